The molecule has 0 radical (unpaired) electrons. The number of phenolic OH excluding ortho intramolecular Hbond substituents is 1. The molecule has 0 bridgehead atoms. The first-order chi connectivity index (χ1) is 13.7. The number of carbonyl (C=O) groups excluding carboxylic acids is 1. The number of benzene rings is 1. The van der Waals surface area contributed by atoms with Crippen molar-refractivity contribution in [1.82, 2.24) is 0 Å². The van der Waals surface area contributed by atoms with Gasteiger partial charge in [-0.1, -0.05) is 27.2 Å². The normalized spacial score (nSPS) is 22.9. The molecule has 2 aliphatic heterocycles. The van der Waals surface area contributed by atoms with Crippen LogP contribution in [0.1, 0.15) is 75.0 Å². The second-order valence-corrected chi connectivity index (χ2v) is 8.43. The maximum absolute atomic E-state index is 13.2. The van der Waals surface area contributed by atoms with Crippen LogP contribution in [-0.2, 0) is 16.2 Å². The van der Waals surface area contributed by atoms with Crippen molar-refractivity contribution < 1.29 is 28.8 Å². The number of ether oxygens (including phenoxy) is 1. The van der Waals surface area contributed by atoms with Gasteiger partial charge in [0.15, 0.2) is 23.6 Å². The van der Waals surface area contributed by atoms with Gasteiger partial charge in [-0.2, -0.15) is 0 Å². The number of Topliss-reactive ketones (excluding diaryl/α,β-unsaturated/α-hetero) is 1. The summed E-state index contributed by atoms with van der Waals surface area (Å²) in [5.41, 5.74) is -0.0968. The molecule has 3 unspecified atom stereocenters. The van der Waals surface area contributed by atoms with Crippen LogP contribution in [0.25, 0.3) is 11.0 Å². The van der Waals surface area contributed by atoms with Gasteiger partial charge in [0.05, 0.1) is 10.9 Å². The minimum absolute atomic E-state index is 0.0145. The maximum Gasteiger partial charge on any atom is 0.336 e. The fourth-order valence-corrected chi connectivity index (χ4v) is 4.13. The molecular formula is C22H26O7. The molecule has 156 valence electrons. The van der Waals surface area contributed by atoms with Crippen LogP contribution in [0.3, 0.4) is 0 Å². The van der Waals surface area contributed by atoms with Crippen molar-refractivity contribution in [3.8, 4) is 11.5 Å². The van der Waals surface area contributed by atoms with Gasteiger partial charge in [-0.15, -0.1) is 0 Å². The standard InChI is InChI=1S/C22H26O7/c1-6-8-11-9-12(23)26-18-13(11)19-15(17(25)14(18)16(24)10(3)7-2)20-21(27-19)22(4,5)29-28-20/h9-10,20-21,25H,6-8H2,1-5H3. The van der Waals surface area contributed by atoms with Gasteiger partial charge >= 0.3 is 5.63 Å². The van der Waals surface area contributed by atoms with Crippen molar-refractivity contribution in [2.24, 2.45) is 5.92 Å². The quantitative estimate of drug-likeness (QED) is 0.454. The molecule has 0 aliphatic carbocycles. The number of hydrogen-bond donors (Lipinski definition) is 1. The summed E-state index contributed by atoms with van der Waals surface area (Å²) in [4.78, 5) is 36.3. The summed E-state index contributed by atoms with van der Waals surface area (Å²) in [6.45, 7) is 9.35. The van der Waals surface area contributed by atoms with Crippen LogP contribution in [0.4, 0.5) is 0 Å². The summed E-state index contributed by atoms with van der Waals surface area (Å²) in [5, 5.41) is 11.7. The van der Waals surface area contributed by atoms with E-state index in [4.69, 9.17) is 18.9 Å². The second kappa shape index (κ2) is 6.85. The zero-order valence-corrected chi connectivity index (χ0v) is 17.3. The van der Waals surface area contributed by atoms with Gasteiger partial charge in [-0.05, 0) is 32.3 Å². The summed E-state index contributed by atoms with van der Waals surface area (Å²) >= 11 is 0. The molecule has 1 fully saturated rings. The van der Waals surface area contributed by atoms with E-state index in [0.29, 0.717) is 29.5 Å². The van der Waals surface area contributed by atoms with Gasteiger partial charge in [0.1, 0.15) is 22.7 Å². The van der Waals surface area contributed by atoms with Crippen molar-refractivity contribution in [3.05, 3.63) is 33.2 Å². The van der Waals surface area contributed by atoms with E-state index in [1.807, 2.05) is 27.7 Å². The highest BCUT2D eigenvalue weighted by molar-refractivity contribution is 6.12. The lowest BCUT2D eigenvalue weighted by atomic mass is 9.88. The molecule has 1 aromatic heterocycles. The van der Waals surface area contributed by atoms with Crippen molar-refractivity contribution >= 4 is 16.8 Å². The number of aryl methyl sites for hydroxylation is 1. The Bertz CT molecular complexity index is 1050. The first-order valence-electron chi connectivity index (χ1n) is 10.1. The van der Waals surface area contributed by atoms with E-state index >= 15 is 0 Å². The van der Waals surface area contributed by atoms with Crippen LogP contribution in [0.2, 0.25) is 0 Å². The minimum atomic E-state index is -0.746. The highest BCUT2D eigenvalue weighted by Gasteiger charge is 2.55. The number of ketones is 1. The average Bonchev–Trinajstić information content (AvgIpc) is 3.18. The van der Waals surface area contributed by atoms with Crippen LogP contribution in [-0.4, -0.2) is 22.6 Å². The molecule has 0 amide bonds. The van der Waals surface area contributed by atoms with Crippen LogP contribution in [0.5, 0.6) is 11.5 Å². The molecule has 0 spiro atoms. The van der Waals surface area contributed by atoms with Gasteiger partial charge in [-0.3, -0.25) is 4.79 Å². The maximum atomic E-state index is 13.2. The van der Waals surface area contributed by atoms with E-state index in [1.54, 1.807) is 6.92 Å². The molecule has 1 saturated heterocycles. The van der Waals surface area contributed by atoms with E-state index in [1.165, 1.54) is 6.07 Å². The fraction of sp³-hybridized carbons (Fsp3) is 0.545. The third kappa shape index (κ3) is 2.87. The number of fused-ring (bicyclic) bond motifs is 5. The Hall–Kier alpha value is -2.38. The van der Waals surface area contributed by atoms with E-state index in [2.05, 4.69) is 0 Å². The predicted molar refractivity (Wildman–Crippen MR) is 105 cm³/mol. The third-order valence-corrected chi connectivity index (χ3v) is 5.92. The Morgan fingerprint density at radius 1 is 1.31 bits per heavy atom. The Balaban J connectivity index is 2.10. The molecular weight excluding hydrogens is 376 g/mol. The van der Waals surface area contributed by atoms with Crippen molar-refractivity contribution in [3.63, 3.8) is 0 Å². The number of hydrogen-bond acceptors (Lipinski definition) is 7. The zero-order valence-electron chi connectivity index (χ0n) is 17.3. The van der Waals surface area contributed by atoms with Crippen molar-refractivity contribution in [2.45, 2.75) is 71.7 Å². The lowest BCUT2D eigenvalue weighted by Gasteiger charge is -2.21. The molecule has 2 aliphatic rings. The van der Waals surface area contributed by atoms with Crippen LogP contribution in [0.15, 0.2) is 15.3 Å². The SMILES string of the molecule is CCCc1cc(=O)oc2c(C(=O)C(C)CC)c(O)c3c(c12)OC1C3OOC1(C)C. The van der Waals surface area contributed by atoms with Crippen LogP contribution < -0.4 is 10.4 Å². The van der Waals surface area contributed by atoms with Gasteiger partial charge < -0.3 is 14.3 Å². The van der Waals surface area contributed by atoms with E-state index in [9.17, 15) is 14.7 Å². The molecule has 7 heteroatoms. The molecule has 2 aromatic rings. The van der Waals surface area contributed by atoms with E-state index in [0.717, 1.165) is 12.0 Å². The average molecular weight is 402 g/mol. The van der Waals surface area contributed by atoms with Crippen molar-refractivity contribution in [1.29, 1.82) is 0 Å². The Morgan fingerprint density at radius 3 is 2.69 bits per heavy atom. The lowest BCUT2D eigenvalue weighted by Crippen LogP contribution is -2.36. The summed E-state index contributed by atoms with van der Waals surface area (Å²) in [7, 11) is 0. The van der Waals surface area contributed by atoms with Crippen LogP contribution >= 0.6 is 0 Å². The van der Waals surface area contributed by atoms with Crippen LogP contribution in [0, 0.1) is 5.92 Å². The van der Waals surface area contributed by atoms with E-state index < -0.39 is 23.4 Å². The molecule has 3 heterocycles. The molecule has 1 aromatic carbocycles. The highest BCUT2D eigenvalue weighted by Crippen LogP contribution is 2.56. The fourth-order valence-electron chi connectivity index (χ4n) is 4.13. The van der Waals surface area contributed by atoms with Crippen molar-refractivity contribution in [2.75, 3.05) is 0 Å². The monoisotopic (exact) mass is 402 g/mol. The number of phenols is 1. The molecule has 3 atom stereocenters. The topological polar surface area (TPSA) is 95.2 Å². The Morgan fingerprint density at radius 2 is 2.03 bits per heavy atom. The predicted octanol–water partition coefficient (Wildman–Crippen LogP) is 4.22. The molecule has 0 saturated carbocycles. The summed E-state index contributed by atoms with van der Waals surface area (Å²) in [5.74, 6) is -0.492. The number of aromatic hydroxyl groups is 1. The first kappa shape index (κ1) is 19.9. The molecule has 4 rings (SSSR count). The summed E-state index contributed by atoms with van der Waals surface area (Å²) in [6, 6.07) is 1.43. The van der Waals surface area contributed by atoms with Gasteiger partial charge in [0, 0.05) is 12.0 Å². The first-order valence-corrected chi connectivity index (χ1v) is 10.1. The van der Waals surface area contributed by atoms with Gasteiger partial charge in [0.25, 0.3) is 0 Å². The Kier molecular flexibility index (Phi) is 4.70. The zero-order chi connectivity index (χ0) is 21.1. The lowest BCUT2D eigenvalue weighted by molar-refractivity contribution is -0.321. The highest BCUT2D eigenvalue weighted by atomic mass is 17.2. The smallest absolute Gasteiger partial charge is 0.336 e. The summed E-state index contributed by atoms with van der Waals surface area (Å²) in [6.07, 6.45) is 0.817. The summed E-state index contributed by atoms with van der Waals surface area (Å²) < 4.78 is 11.7. The number of rotatable bonds is 5. The molecule has 29 heavy (non-hydrogen) atoms. The second-order valence-electron chi connectivity index (χ2n) is 8.43. The van der Waals surface area contributed by atoms with Gasteiger partial charge in [-0.25, -0.2) is 14.6 Å². The van der Waals surface area contributed by atoms with E-state index in [-0.39, 0.29) is 28.6 Å². The van der Waals surface area contributed by atoms with Gasteiger partial charge in [0.2, 0.25) is 0 Å². The minimum Gasteiger partial charge on any atom is -0.507 e. The Labute approximate surface area is 168 Å². The largest absolute Gasteiger partial charge is 0.507 e. The number of carbonyl (C=O) groups is 1. The third-order valence-electron chi connectivity index (χ3n) is 5.92. The molecule has 7 nitrogen and oxygen atoms in total. The molecule has 1 N–H and O–H groups in total.